The molecule has 4 rings (SSSR count). The third kappa shape index (κ3) is 1.48. The van der Waals surface area contributed by atoms with Crippen molar-refractivity contribution in [2.75, 3.05) is 7.11 Å². The maximum Gasteiger partial charge on any atom is 0.273 e. The first kappa shape index (κ1) is 11.2. The van der Waals surface area contributed by atoms with Gasteiger partial charge < -0.3 is 0 Å². The first-order chi connectivity index (χ1) is 9.88. The molecule has 0 radical (unpaired) electrons. The van der Waals surface area contributed by atoms with Gasteiger partial charge in [-0.25, -0.2) is 0 Å². The van der Waals surface area contributed by atoms with Crippen LogP contribution in [0.3, 0.4) is 0 Å². The highest BCUT2D eigenvalue weighted by Gasteiger charge is 2.17. The lowest BCUT2D eigenvalue weighted by Crippen LogP contribution is -2.41. The largest absolute Gasteiger partial charge is 0.274 e. The lowest BCUT2D eigenvalue weighted by molar-refractivity contribution is -0.863. The third-order valence-corrected chi connectivity index (χ3v) is 3.82. The number of hydrogen-bond acceptors (Lipinski definition) is 1. The molecular formula is C18H14NO+. The molecule has 0 aliphatic carbocycles. The first-order valence-corrected chi connectivity index (χ1v) is 6.68. The maximum absolute atomic E-state index is 5.56. The Morgan fingerprint density at radius 3 is 2.20 bits per heavy atom. The fraction of sp³-hybridized carbons (Fsp3) is 0.0556. The molecule has 0 aliphatic rings. The van der Waals surface area contributed by atoms with Gasteiger partial charge in [-0.05, 0) is 23.6 Å². The van der Waals surface area contributed by atoms with Crippen LogP contribution in [0.25, 0.3) is 32.4 Å². The molecule has 1 heterocycles. The molecule has 3 aromatic carbocycles. The normalized spacial score (nSPS) is 11.2. The van der Waals surface area contributed by atoms with E-state index in [1.54, 1.807) is 7.11 Å². The average molecular weight is 260 g/mol. The summed E-state index contributed by atoms with van der Waals surface area (Å²) in [4.78, 5) is 5.56. The minimum absolute atomic E-state index is 1.12. The smallest absolute Gasteiger partial charge is 0.273 e. The number of hydrogen-bond donors (Lipinski definition) is 0. The van der Waals surface area contributed by atoms with E-state index in [1.165, 1.54) is 26.9 Å². The van der Waals surface area contributed by atoms with Crippen molar-refractivity contribution >= 4 is 32.4 Å². The van der Waals surface area contributed by atoms with E-state index in [9.17, 15) is 0 Å². The van der Waals surface area contributed by atoms with Crippen LogP contribution in [0.5, 0.6) is 0 Å². The molecule has 2 heteroatoms. The zero-order valence-corrected chi connectivity index (χ0v) is 11.2. The summed E-state index contributed by atoms with van der Waals surface area (Å²) in [5.41, 5.74) is 1.12. The van der Waals surface area contributed by atoms with Crippen LogP contribution in [0.1, 0.15) is 0 Å². The monoisotopic (exact) mass is 260 g/mol. The average Bonchev–Trinajstić information content (AvgIpc) is 2.53. The Balaban J connectivity index is 2.33. The molecule has 1 aromatic heterocycles. The van der Waals surface area contributed by atoms with Gasteiger partial charge in [0, 0.05) is 10.1 Å². The molecule has 0 atom stereocenters. The van der Waals surface area contributed by atoms with Crippen molar-refractivity contribution in [3.63, 3.8) is 0 Å². The van der Waals surface area contributed by atoms with Crippen molar-refractivity contribution in [3.8, 4) is 0 Å². The van der Waals surface area contributed by atoms with Crippen LogP contribution >= 0.6 is 0 Å². The highest BCUT2D eigenvalue weighted by Crippen LogP contribution is 2.28. The van der Waals surface area contributed by atoms with Crippen molar-refractivity contribution in [2.45, 2.75) is 0 Å². The molecule has 0 fully saturated rings. The topological polar surface area (TPSA) is 13.1 Å². The highest BCUT2D eigenvalue weighted by atomic mass is 16.6. The standard InChI is InChI=1S/C18H14NO/c1-20-19-12-14-7-3-4-8-15(14)17-11-10-13-6-2-5-9-16(13)18(17)19/h2-12H,1H3/q+1. The van der Waals surface area contributed by atoms with Gasteiger partial charge in [0.15, 0.2) is 0 Å². The Morgan fingerprint density at radius 1 is 0.700 bits per heavy atom. The van der Waals surface area contributed by atoms with E-state index >= 15 is 0 Å². The number of nitrogens with zero attached hydrogens (tertiary/aromatic N) is 1. The second kappa shape index (κ2) is 4.20. The van der Waals surface area contributed by atoms with Crippen molar-refractivity contribution in [1.29, 1.82) is 0 Å². The fourth-order valence-corrected chi connectivity index (χ4v) is 2.90. The molecule has 0 bridgehead atoms. The molecule has 0 unspecified atom stereocenters. The molecular weight excluding hydrogens is 246 g/mol. The summed E-state index contributed by atoms with van der Waals surface area (Å²) in [5, 5.41) is 6.07. The van der Waals surface area contributed by atoms with Crippen LogP contribution in [-0.4, -0.2) is 7.11 Å². The lowest BCUT2D eigenvalue weighted by atomic mass is 10.0. The van der Waals surface area contributed by atoms with Crippen molar-refractivity contribution in [3.05, 3.63) is 66.9 Å². The summed E-state index contributed by atoms with van der Waals surface area (Å²) >= 11 is 0. The van der Waals surface area contributed by atoms with Crippen molar-refractivity contribution in [2.24, 2.45) is 0 Å². The van der Waals surface area contributed by atoms with E-state index in [2.05, 4.69) is 60.7 Å². The van der Waals surface area contributed by atoms with Crippen LogP contribution < -0.4 is 9.57 Å². The second-order valence-corrected chi connectivity index (χ2v) is 4.91. The SMILES string of the molecule is CO[n+]1cc2ccccc2c2ccc3ccccc3c21. The van der Waals surface area contributed by atoms with E-state index in [-0.39, 0.29) is 0 Å². The van der Waals surface area contributed by atoms with Crippen LogP contribution in [-0.2, 0) is 0 Å². The summed E-state index contributed by atoms with van der Waals surface area (Å²) in [6.45, 7) is 0. The number of benzene rings is 3. The Bertz CT molecular complexity index is 944. The van der Waals surface area contributed by atoms with Gasteiger partial charge in [0.2, 0.25) is 6.20 Å². The third-order valence-electron chi connectivity index (χ3n) is 3.82. The zero-order chi connectivity index (χ0) is 13.5. The molecule has 0 aliphatic heterocycles. The van der Waals surface area contributed by atoms with Crippen LogP contribution in [0.4, 0.5) is 0 Å². The molecule has 2 nitrogen and oxygen atoms in total. The summed E-state index contributed by atoms with van der Waals surface area (Å²) < 4.78 is 1.86. The first-order valence-electron chi connectivity index (χ1n) is 6.68. The summed E-state index contributed by atoms with van der Waals surface area (Å²) in [7, 11) is 1.70. The number of fused-ring (bicyclic) bond motifs is 5. The van der Waals surface area contributed by atoms with Crippen LogP contribution in [0.2, 0.25) is 0 Å². The number of rotatable bonds is 1. The fourth-order valence-electron chi connectivity index (χ4n) is 2.90. The maximum atomic E-state index is 5.56. The Kier molecular flexibility index (Phi) is 2.36. The van der Waals surface area contributed by atoms with Gasteiger partial charge >= 0.3 is 0 Å². The van der Waals surface area contributed by atoms with Gasteiger partial charge in [-0.15, -0.1) is 0 Å². The quantitative estimate of drug-likeness (QED) is 0.377. The molecule has 0 spiro atoms. The molecule has 20 heavy (non-hydrogen) atoms. The van der Waals surface area contributed by atoms with Gasteiger partial charge in [-0.1, -0.05) is 42.5 Å². The molecule has 0 amide bonds. The zero-order valence-electron chi connectivity index (χ0n) is 11.2. The molecule has 96 valence electrons. The summed E-state index contributed by atoms with van der Waals surface area (Å²) in [6.07, 6.45) is 2.05. The highest BCUT2D eigenvalue weighted by molar-refractivity contribution is 6.13. The van der Waals surface area contributed by atoms with E-state index in [0.717, 1.165) is 5.52 Å². The van der Waals surface area contributed by atoms with Crippen molar-refractivity contribution in [1.82, 2.24) is 0 Å². The minimum atomic E-state index is 1.12. The summed E-state index contributed by atoms with van der Waals surface area (Å²) in [6, 6.07) is 21.1. The summed E-state index contributed by atoms with van der Waals surface area (Å²) in [5.74, 6) is 0. The van der Waals surface area contributed by atoms with Gasteiger partial charge in [0.25, 0.3) is 5.52 Å². The predicted octanol–water partition coefficient (Wildman–Crippen LogP) is 3.49. The van der Waals surface area contributed by atoms with E-state index in [4.69, 9.17) is 4.84 Å². The minimum Gasteiger partial charge on any atom is -0.274 e. The van der Waals surface area contributed by atoms with Crippen molar-refractivity contribution < 1.29 is 9.57 Å². The van der Waals surface area contributed by atoms with E-state index in [1.807, 2.05) is 10.9 Å². The number of pyridine rings is 1. The molecule has 0 saturated heterocycles. The number of aromatic nitrogens is 1. The molecule has 0 N–H and O–H groups in total. The van der Waals surface area contributed by atoms with Crippen LogP contribution in [0, 0.1) is 0 Å². The van der Waals surface area contributed by atoms with E-state index < -0.39 is 0 Å². The molecule has 0 saturated carbocycles. The van der Waals surface area contributed by atoms with Gasteiger partial charge in [0.05, 0.1) is 16.2 Å². The van der Waals surface area contributed by atoms with Gasteiger partial charge in [-0.3, -0.25) is 4.84 Å². The Labute approximate surface area is 116 Å². The Morgan fingerprint density at radius 2 is 1.40 bits per heavy atom. The lowest BCUT2D eigenvalue weighted by Gasteiger charge is -2.05. The van der Waals surface area contributed by atoms with Gasteiger partial charge in [-0.2, -0.15) is 0 Å². The second-order valence-electron chi connectivity index (χ2n) is 4.91. The Hall–Kier alpha value is -2.61. The predicted molar refractivity (Wildman–Crippen MR) is 81.7 cm³/mol. The molecule has 4 aromatic rings. The van der Waals surface area contributed by atoms with Gasteiger partial charge in [0.1, 0.15) is 7.11 Å². The van der Waals surface area contributed by atoms with E-state index in [0.29, 0.717) is 0 Å². The van der Waals surface area contributed by atoms with Crippen LogP contribution in [0.15, 0.2) is 66.9 Å².